The molecule has 0 spiro atoms. The van der Waals surface area contributed by atoms with E-state index < -0.39 is 97.4 Å². The Hall–Kier alpha value is -5.54. The summed E-state index contributed by atoms with van der Waals surface area (Å²) in [6, 6.07) is 7.04. The van der Waals surface area contributed by atoms with Crippen molar-refractivity contribution in [2.24, 2.45) is 0 Å². The van der Waals surface area contributed by atoms with E-state index in [1.807, 2.05) is 4.72 Å². The molecule has 0 atom stereocenters. The van der Waals surface area contributed by atoms with Crippen LogP contribution in [0.4, 0.5) is 31.5 Å². The molecule has 2 fully saturated rings. The summed E-state index contributed by atoms with van der Waals surface area (Å²) in [5.41, 5.74) is -5.53. The maximum absolute atomic E-state index is 16.6. The molecule has 1 saturated carbocycles. The lowest BCUT2D eigenvalue weighted by atomic mass is 10.1. The summed E-state index contributed by atoms with van der Waals surface area (Å²) < 4.78 is 90.8. The minimum atomic E-state index is -4.84. The fourth-order valence-electron chi connectivity index (χ4n) is 5.67. The standard InChI is InChI=1S/C29H24F2N6O11S2/c30-23-25(32-49(45,46)19-7-3-17(4-8-19)36(41)42)22-26(35(16-1-2-16)15-21(28(22)38)29(39)40)24(31)27(23)33-11-13-34(14-12-33)50(47,48)20-9-5-18(6-10-20)37(43)44/h3-10,15-16,32H,1-2,11-14H2,(H,39,40). The maximum Gasteiger partial charge on any atom is 0.341 e. The number of anilines is 2. The van der Waals surface area contributed by atoms with Crippen LogP contribution >= 0.6 is 0 Å². The first-order valence-corrected chi connectivity index (χ1v) is 17.5. The number of piperazine rings is 1. The van der Waals surface area contributed by atoms with Gasteiger partial charge in [0.05, 0.1) is 30.5 Å². The van der Waals surface area contributed by atoms with E-state index in [0.29, 0.717) is 12.8 Å². The number of non-ortho nitro benzene ring substituents is 2. The zero-order valence-corrected chi connectivity index (χ0v) is 27.0. The average Bonchev–Trinajstić information content (AvgIpc) is 3.92. The maximum atomic E-state index is 16.6. The van der Waals surface area contributed by atoms with Crippen molar-refractivity contribution in [3.63, 3.8) is 0 Å². The van der Waals surface area contributed by atoms with Crippen LogP contribution in [0.2, 0.25) is 0 Å². The third kappa shape index (κ3) is 5.98. The van der Waals surface area contributed by atoms with Crippen LogP contribution in [0.5, 0.6) is 0 Å². The number of hydrogen-bond acceptors (Lipinski definition) is 11. The number of benzene rings is 3. The number of pyridine rings is 1. The lowest BCUT2D eigenvalue weighted by Gasteiger charge is -2.36. The molecule has 262 valence electrons. The van der Waals surface area contributed by atoms with Gasteiger partial charge in [0.15, 0.2) is 11.6 Å². The molecule has 2 aliphatic rings. The summed E-state index contributed by atoms with van der Waals surface area (Å²) in [6.07, 6.45) is 1.77. The van der Waals surface area contributed by atoms with E-state index >= 15 is 8.78 Å². The third-order valence-corrected chi connectivity index (χ3v) is 11.6. The van der Waals surface area contributed by atoms with E-state index in [4.69, 9.17) is 0 Å². The summed E-state index contributed by atoms with van der Waals surface area (Å²) in [7, 11) is -9.05. The molecule has 17 nitrogen and oxygen atoms in total. The number of carbonyl (C=O) groups is 1. The summed E-state index contributed by atoms with van der Waals surface area (Å²) >= 11 is 0. The van der Waals surface area contributed by atoms with Gasteiger partial charge >= 0.3 is 5.97 Å². The molecule has 1 aromatic heterocycles. The van der Waals surface area contributed by atoms with Crippen LogP contribution in [-0.2, 0) is 20.0 Å². The molecular weight excluding hydrogens is 710 g/mol. The average molecular weight is 735 g/mol. The molecule has 4 aromatic rings. The van der Waals surface area contributed by atoms with E-state index in [1.165, 1.54) is 0 Å². The number of sulfonamides is 2. The second-order valence-electron chi connectivity index (χ2n) is 11.4. The van der Waals surface area contributed by atoms with Gasteiger partial charge in [-0.1, -0.05) is 0 Å². The van der Waals surface area contributed by atoms with Gasteiger partial charge in [-0.25, -0.2) is 30.4 Å². The number of nitrogens with zero attached hydrogens (tertiary/aromatic N) is 5. The molecule has 2 N–H and O–H groups in total. The van der Waals surface area contributed by atoms with Crippen molar-refractivity contribution < 1.29 is 45.4 Å². The largest absolute Gasteiger partial charge is 0.477 e. The van der Waals surface area contributed by atoms with Crippen molar-refractivity contribution in [1.82, 2.24) is 8.87 Å². The Labute approximate surface area is 280 Å². The van der Waals surface area contributed by atoms with Gasteiger partial charge in [-0.15, -0.1) is 0 Å². The Bertz CT molecular complexity index is 2380. The fourth-order valence-corrected chi connectivity index (χ4v) is 8.17. The molecule has 6 rings (SSSR count). The number of fused-ring (bicyclic) bond motifs is 1. The van der Waals surface area contributed by atoms with Crippen molar-refractivity contribution in [3.05, 3.63) is 102 Å². The zero-order valence-electron chi connectivity index (χ0n) is 25.4. The highest BCUT2D eigenvalue weighted by Gasteiger charge is 2.37. The van der Waals surface area contributed by atoms with Crippen molar-refractivity contribution in [1.29, 1.82) is 0 Å². The van der Waals surface area contributed by atoms with Gasteiger partial charge in [-0.3, -0.25) is 29.7 Å². The third-order valence-electron chi connectivity index (χ3n) is 8.33. The van der Waals surface area contributed by atoms with Crippen LogP contribution in [0.1, 0.15) is 29.2 Å². The number of aromatic carboxylic acids is 1. The van der Waals surface area contributed by atoms with Crippen molar-refractivity contribution in [2.75, 3.05) is 35.8 Å². The van der Waals surface area contributed by atoms with Crippen LogP contribution < -0.4 is 15.1 Å². The zero-order chi connectivity index (χ0) is 36.3. The Morgan fingerprint density at radius 2 is 1.36 bits per heavy atom. The molecule has 2 heterocycles. The normalized spacial score (nSPS) is 15.6. The minimum absolute atomic E-state index is 0.259. The minimum Gasteiger partial charge on any atom is -0.477 e. The second-order valence-corrected chi connectivity index (χ2v) is 15.0. The fraction of sp³-hybridized carbons (Fsp3) is 0.241. The Balaban J connectivity index is 1.45. The van der Waals surface area contributed by atoms with E-state index in [1.54, 1.807) is 0 Å². The Morgan fingerprint density at radius 1 is 0.840 bits per heavy atom. The Kier molecular flexibility index (Phi) is 8.52. The first-order valence-electron chi connectivity index (χ1n) is 14.6. The molecule has 0 radical (unpaired) electrons. The SMILES string of the molecule is O=C(O)c1cn(C2CC2)c2c(F)c(N3CCN(S(=O)(=O)c4ccc([N+](=O)[O-])cc4)CC3)c(F)c(NS(=O)(=O)c3ccc([N+](=O)[O-])cc3)c2c1=O. The first kappa shape index (κ1) is 34.3. The molecule has 50 heavy (non-hydrogen) atoms. The number of nitrogens with one attached hydrogen (secondary N) is 1. The number of nitro groups is 2. The van der Waals surface area contributed by atoms with Gasteiger partial charge in [0.1, 0.15) is 16.9 Å². The van der Waals surface area contributed by atoms with Crippen molar-refractivity contribution in [2.45, 2.75) is 28.7 Å². The quantitative estimate of drug-likeness (QED) is 0.176. The van der Waals surface area contributed by atoms with Crippen LogP contribution in [0.25, 0.3) is 10.9 Å². The van der Waals surface area contributed by atoms with Crippen LogP contribution in [0.15, 0.2) is 69.3 Å². The smallest absolute Gasteiger partial charge is 0.341 e. The number of carboxylic acids is 1. The van der Waals surface area contributed by atoms with E-state index in [2.05, 4.69) is 0 Å². The summed E-state index contributed by atoms with van der Waals surface area (Å²) in [5, 5.41) is 30.9. The number of aromatic nitrogens is 1. The molecule has 1 saturated heterocycles. The molecule has 3 aromatic carbocycles. The van der Waals surface area contributed by atoms with Crippen LogP contribution in [-0.4, -0.2) is 72.8 Å². The van der Waals surface area contributed by atoms with Gasteiger partial charge in [-0.05, 0) is 37.1 Å². The molecule has 0 bridgehead atoms. The molecule has 1 aliphatic heterocycles. The van der Waals surface area contributed by atoms with Gasteiger partial charge in [0, 0.05) is 62.7 Å². The van der Waals surface area contributed by atoms with Gasteiger partial charge in [0.2, 0.25) is 15.5 Å². The number of nitro benzene ring substituents is 2. The topological polar surface area (TPSA) is 232 Å². The highest BCUT2D eigenvalue weighted by atomic mass is 32.2. The summed E-state index contributed by atoms with van der Waals surface area (Å²) in [4.78, 5) is 46.4. The highest BCUT2D eigenvalue weighted by Crippen LogP contribution is 2.43. The molecule has 21 heteroatoms. The van der Waals surface area contributed by atoms with Gasteiger partial charge < -0.3 is 14.6 Å². The lowest BCUT2D eigenvalue weighted by Crippen LogP contribution is -2.49. The Morgan fingerprint density at radius 3 is 1.84 bits per heavy atom. The van der Waals surface area contributed by atoms with Crippen molar-refractivity contribution in [3.8, 4) is 0 Å². The monoisotopic (exact) mass is 734 g/mol. The molecule has 0 unspecified atom stereocenters. The number of carboxylic acid groups (broad SMARTS) is 1. The molecular formula is C29H24F2N6O11S2. The van der Waals surface area contributed by atoms with E-state index in [-0.39, 0.29) is 36.8 Å². The van der Waals surface area contributed by atoms with Crippen molar-refractivity contribution >= 4 is 59.7 Å². The molecule has 1 aliphatic carbocycles. The predicted octanol–water partition coefficient (Wildman–Crippen LogP) is 3.44. The van der Waals surface area contributed by atoms with Crippen LogP contribution in [0, 0.1) is 31.9 Å². The number of rotatable bonds is 10. The van der Waals surface area contributed by atoms with Gasteiger partial charge in [-0.2, -0.15) is 4.31 Å². The lowest BCUT2D eigenvalue weighted by molar-refractivity contribution is -0.385. The first-order chi connectivity index (χ1) is 23.5. The van der Waals surface area contributed by atoms with Crippen LogP contribution in [0.3, 0.4) is 0 Å². The summed E-state index contributed by atoms with van der Waals surface area (Å²) in [6.45, 7) is -1.32. The van der Waals surface area contributed by atoms with E-state index in [9.17, 15) is 51.8 Å². The second kappa shape index (κ2) is 12.4. The number of halogens is 2. The summed E-state index contributed by atoms with van der Waals surface area (Å²) in [5.74, 6) is -4.64. The van der Waals surface area contributed by atoms with E-state index in [0.717, 1.165) is 68.5 Å². The molecule has 0 amide bonds. The number of hydrogen-bond donors (Lipinski definition) is 2. The predicted molar refractivity (Wildman–Crippen MR) is 171 cm³/mol. The van der Waals surface area contributed by atoms with Gasteiger partial charge in [0.25, 0.3) is 21.4 Å². The highest BCUT2D eigenvalue weighted by molar-refractivity contribution is 7.92.